The number of thiophene rings is 1. The number of para-hydroxylation sites is 2. The highest BCUT2D eigenvalue weighted by Gasteiger charge is 2.24. The molecule has 0 atom stereocenters. The average Bonchev–Trinajstić information content (AvgIpc) is 3.15. The molecular weight excluding hydrogens is 432 g/mol. The van der Waals surface area contributed by atoms with Crippen LogP contribution in [0.5, 0.6) is 11.5 Å². The standard InChI is InChI=1S/C20H19ClN2O4S2/c1-23(29(25,26)20-12-11-18(21)28-20)14-19(24)22-13-15-7-5-6-10-17(15)27-16-8-3-2-4-9-16/h2-12H,13-14H2,1H3,(H,22,24). The third-order valence-corrected chi connectivity index (χ3v) is 7.50. The van der Waals surface area contributed by atoms with Crippen molar-refractivity contribution in [3.05, 3.63) is 76.6 Å². The Bertz CT molecular complexity index is 1080. The molecule has 0 fully saturated rings. The number of ether oxygens (including phenoxy) is 1. The van der Waals surface area contributed by atoms with Crippen molar-refractivity contribution in [3.63, 3.8) is 0 Å². The van der Waals surface area contributed by atoms with Crippen molar-refractivity contribution in [2.75, 3.05) is 13.6 Å². The van der Waals surface area contributed by atoms with Crippen LogP contribution in [0, 0.1) is 0 Å². The van der Waals surface area contributed by atoms with Gasteiger partial charge in [-0.05, 0) is 30.3 Å². The van der Waals surface area contributed by atoms with Gasteiger partial charge in [-0.2, -0.15) is 4.31 Å². The zero-order valence-electron chi connectivity index (χ0n) is 15.5. The van der Waals surface area contributed by atoms with E-state index < -0.39 is 15.9 Å². The summed E-state index contributed by atoms with van der Waals surface area (Å²) >= 11 is 6.76. The summed E-state index contributed by atoms with van der Waals surface area (Å²) in [6.45, 7) is -0.0971. The maximum absolute atomic E-state index is 12.5. The molecule has 0 aliphatic rings. The lowest BCUT2D eigenvalue weighted by Crippen LogP contribution is -2.37. The van der Waals surface area contributed by atoms with E-state index in [1.165, 1.54) is 19.2 Å². The number of carbonyl (C=O) groups is 1. The molecule has 0 aliphatic carbocycles. The first kappa shape index (κ1) is 21.3. The van der Waals surface area contributed by atoms with Gasteiger partial charge >= 0.3 is 0 Å². The normalized spacial score (nSPS) is 11.4. The van der Waals surface area contributed by atoms with Crippen LogP contribution in [0.25, 0.3) is 0 Å². The second kappa shape index (κ2) is 9.41. The molecule has 6 nitrogen and oxygen atoms in total. The summed E-state index contributed by atoms with van der Waals surface area (Å²) in [6, 6.07) is 19.6. The topological polar surface area (TPSA) is 75.7 Å². The molecule has 1 amide bonds. The number of nitrogens with zero attached hydrogens (tertiary/aromatic N) is 1. The fourth-order valence-corrected chi connectivity index (χ4v) is 5.31. The molecular formula is C20H19ClN2O4S2. The minimum Gasteiger partial charge on any atom is -0.457 e. The molecule has 3 aromatic rings. The fraction of sp³-hybridized carbons (Fsp3) is 0.150. The van der Waals surface area contributed by atoms with Gasteiger partial charge in [0.2, 0.25) is 5.91 Å². The van der Waals surface area contributed by atoms with Gasteiger partial charge in [-0.25, -0.2) is 8.42 Å². The predicted molar refractivity (Wildman–Crippen MR) is 114 cm³/mol. The number of amides is 1. The summed E-state index contributed by atoms with van der Waals surface area (Å²) in [7, 11) is -2.41. The Labute approximate surface area is 178 Å². The van der Waals surface area contributed by atoms with Crippen LogP contribution in [0.2, 0.25) is 4.34 Å². The number of halogens is 1. The molecule has 9 heteroatoms. The summed E-state index contributed by atoms with van der Waals surface area (Å²) in [5.74, 6) is 0.883. The second-order valence-electron chi connectivity index (χ2n) is 6.12. The van der Waals surface area contributed by atoms with Crippen LogP contribution in [-0.2, 0) is 21.4 Å². The number of hydrogen-bond donors (Lipinski definition) is 1. The lowest BCUT2D eigenvalue weighted by molar-refractivity contribution is -0.121. The van der Waals surface area contributed by atoms with E-state index in [0.717, 1.165) is 21.2 Å². The van der Waals surface area contributed by atoms with E-state index in [-0.39, 0.29) is 17.3 Å². The fourth-order valence-electron chi connectivity index (χ4n) is 2.49. The first-order chi connectivity index (χ1) is 13.9. The minimum absolute atomic E-state index is 0.0967. The molecule has 0 saturated heterocycles. The molecule has 152 valence electrons. The Morgan fingerprint density at radius 2 is 1.76 bits per heavy atom. The van der Waals surface area contributed by atoms with Gasteiger partial charge in [-0.3, -0.25) is 4.79 Å². The molecule has 0 aliphatic heterocycles. The SMILES string of the molecule is CN(CC(=O)NCc1ccccc1Oc1ccccc1)S(=O)(=O)c1ccc(Cl)s1. The molecule has 2 aromatic carbocycles. The van der Waals surface area contributed by atoms with E-state index in [9.17, 15) is 13.2 Å². The smallest absolute Gasteiger partial charge is 0.252 e. The van der Waals surface area contributed by atoms with Crippen LogP contribution in [-0.4, -0.2) is 32.2 Å². The Morgan fingerprint density at radius 1 is 1.07 bits per heavy atom. The maximum Gasteiger partial charge on any atom is 0.252 e. The highest BCUT2D eigenvalue weighted by Crippen LogP contribution is 2.27. The molecule has 1 heterocycles. The van der Waals surface area contributed by atoms with E-state index in [2.05, 4.69) is 5.32 Å². The van der Waals surface area contributed by atoms with Crippen molar-refractivity contribution >= 4 is 38.9 Å². The lowest BCUT2D eigenvalue weighted by atomic mass is 10.2. The third kappa shape index (κ3) is 5.57. The quantitative estimate of drug-likeness (QED) is 0.559. The van der Waals surface area contributed by atoms with E-state index in [0.29, 0.717) is 15.8 Å². The summed E-state index contributed by atoms with van der Waals surface area (Å²) in [5.41, 5.74) is 0.778. The number of sulfonamides is 1. The number of benzene rings is 2. The molecule has 0 radical (unpaired) electrons. The largest absolute Gasteiger partial charge is 0.457 e. The first-order valence-corrected chi connectivity index (χ1v) is 11.3. The zero-order valence-corrected chi connectivity index (χ0v) is 17.9. The van der Waals surface area contributed by atoms with Crippen molar-refractivity contribution in [3.8, 4) is 11.5 Å². The van der Waals surface area contributed by atoms with Gasteiger partial charge in [0, 0.05) is 19.2 Å². The third-order valence-electron chi connectivity index (χ3n) is 4.00. The van der Waals surface area contributed by atoms with Crippen LogP contribution >= 0.6 is 22.9 Å². The second-order valence-corrected chi connectivity index (χ2v) is 10.1. The predicted octanol–water partition coefficient (Wildman–Crippen LogP) is 4.13. The van der Waals surface area contributed by atoms with E-state index >= 15 is 0 Å². The van der Waals surface area contributed by atoms with Crippen molar-refractivity contribution in [2.45, 2.75) is 10.8 Å². The minimum atomic E-state index is -3.76. The van der Waals surface area contributed by atoms with Gasteiger partial charge in [0.05, 0.1) is 10.9 Å². The van der Waals surface area contributed by atoms with Crippen molar-refractivity contribution in [2.24, 2.45) is 0 Å². The van der Waals surface area contributed by atoms with Crippen LogP contribution < -0.4 is 10.1 Å². The van der Waals surface area contributed by atoms with Crippen molar-refractivity contribution < 1.29 is 17.9 Å². The number of hydrogen-bond acceptors (Lipinski definition) is 5. The van der Waals surface area contributed by atoms with Gasteiger partial charge in [0.25, 0.3) is 10.0 Å². The highest BCUT2D eigenvalue weighted by atomic mass is 35.5. The van der Waals surface area contributed by atoms with Crippen molar-refractivity contribution in [1.29, 1.82) is 0 Å². The Kier molecular flexibility index (Phi) is 6.92. The molecule has 29 heavy (non-hydrogen) atoms. The van der Waals surface area contributed by atoms with Crippen LogP contribution in [0.4, 0.5) is 0 Å². The zero-order chi connectivity index (χ0) is 20.9. The molecule has 0 spiro atoms. The van der Waals surface area contributed by atoms with Gasteiger partial charge in [0.1, 0.15) is 15.7 Å². The van der Waals surface area contributed by atoms with Gasteiger partial charge < -0.3 is 10.1 Å². The van der Waals surface area contributed by atoms with Crippen molar-refractivity contribution in [1.82, 2.24) is 9.62 Å². The van der Waals surface area contributed by atoms with Crippen LogP contribution in [0.1, 0.15) is 5.56 Å². The summed E-state index contributed by atoms with van der Waals surface area (Å²) in [5, 5.41) is 2.74. The van der Waals surface area contributed by atoms with Crippen LogP contribution in [0.3, 0.4) is 0 Å². The number of carbonyl (C=O) groups excluding carboxylic acids is 1. The number of nitrogens with one attached hydrogen (secondary N) is 1. The number of rotatable bonds is 8. The summed E-state index contributed by atoms with van der Waals surface area (Å²) in [4.78, 5) is 12.3. The molecule has 0 unspecified atom stereocenters. The Balaban J connectivity index is 1.61. The summed E-state index contributed by atoms with van der Waals surface area (Å²) < 4.78 is 32.3. The lowest BCUT2D eigenvalue weighted by Gasteiger charge is -2.16. The van der Waals surface area contributed by atoms with E-state index in [4.69, 9.17) is 16.3 Å². The molecule has 1 N–H and O–H groups in total. The van der Waals surface area contributed by atoms with Gasteiger partial charge in [-0.15, -0.1) is 11.3 Å². The Morgan fingerprint density at radius 3 is 2.45 bits per heavy atom. The first-order valence-electron chi connectivity index (χ1n) is 8.65. The molecule has 0 saturated carbocycles. The Hall–Kier alpha value is -2.39. The molecule has 3 rings (SSSR count). The molecule has 0 bridgehead atoms. The maximum atomic E-state index is 12.5. The number of likely N-dealkylation sites (N-methyl/N-ethyl adjacent to an activating group) is 1. The highest BCUT2D eigenvalue weighted by molar-refractivity contribution is 7.91. The average molecular weight is 451 g/mol. The van der Waals surface area contributed by atoms with Gasteiger partial charge in [0.15, 0.2) is 0 Å². The van der Waals surface area contributed by atoms with E-state index in [1.54, 1.807) is 0 Å². The molecule has 1 aromatic heterocycles. The monoisotopic (exact) mass is 450 g/mol. The van der Waals surface area contributed by atoms with E-state index in [1.807, 2.05) is 54.6 Å². The summed E-state index contributed by atoms with van der Waals surface area (Å²) in [6.07, 6.45) is 0. The van der Waals surface area contributed by atoms with Gasteiger partial charge in [-0.1, -0.05) is 48.0 Å². The van der Waals surface area contributed by atoms with Crippen LogP contribution in [0.15, 0.2) is 70.9 Å².